The van der Waals surface area contributed by atoms with Crippen LogP contribution in [0.5, 0.6) is 5.75 Å². The van der Waals surface area contributed by atoms with Gasteiger partial charge in [-0.15, -0.1) is 0 Å². The molecule has 5 atom stereocenters. The minimum absolute atomic E-state index is 0.00701. The first-order valence-electron chi connectivity index (χ1n) is 15.1. The summed E-state index contributed by atoms with van der Waals surface area (Å²) >= 11 is 0. The third-order valence-electron chi connectivity index (χ3n) is 8.52. The Balaban J connectivity index is 1.80. The fourth-order valence-electron chi connectivity index (χ4n) is 6.00. The molecule has 0 aliphatic heterocycles. The number of amides is 1. The molecule has 1 aliphatic carbocycles. The van der Waals surface area contributed by atoms with Crippen molar-refractivity contribution in [2.45, 2.75) is 84.5 Å². The zero-order chi connectivity index (χ0) is 29.8. The first kappa shape index (κ1) is 32.0. The maximum atomic E-state index is 13.7. The normalized spacial score (nSPS) is 17.3. The smallest absolute Gasteiger partial charge is 0.227 e. The highest BCUT2D eigenvalue weighted by Gasteiger charge is 2.28. The summed E-state index contributed by atoms with van der Waals surface area (Å²) in [6.07, 6.45) is 14.1. The molecule has 2 aromatic carbocycles. The predicted octanol–water partition coefficient (Wildman–Crippen LogP) is 8.42. The molecule has 0 radical (unpaired) electrons. The van der Waals surface area contributed by atoms with Crippen LogP contribution in [0.1, 0.15) is 95.6 Å². The van der Waals surface area contributed by atoms with E-state index in [1.54, 1.807) is 21.0 Å². The van der Waals surface area contributed by atoms with Crippen molar-refractivity contribution >= 4 is 23.2 Å². The van der Waals surface area contributed by atoms with E-state index in [9.17, 15) is 14.4 Å². The number of allylic oxidation sites excluding steroid dienone is 4. The molecule has 41 heavy (non-hydrogen) atoms. The highest BCUT2D eigenvalue weighted by Crippen LogP contribution is 2.37. The Morgan fingerprint density at radius 3 is 2.32 bits per heavy atom. The lowest BCUT2D eigenvalue weighted by atomic mass is 9.79. The summed E-state index contributed by atoms with van der Waals surface area (Å²) in [5.41, 5.74) is 3.02. The van der Waals surface area contributed by atoms with Crippen molar-refractivity contribution in [2.75, 3.05) is 12.4 Å². The minimum atomic E-state index is -0.276. The molecule has 0 saturated carbocycles. The van der Waals surface area contributed by atoms with Crippen molar-refractivity contribution in [3.8, 4) is 5.75 Å². The molecule has 5 heteroatoms. The van der Waals surface area contributed by atoms with E-state index in [0.717, 1.165) is 54.7 Å². The van der Waals surface area contributed by atoms with E-state index in [1.165, 1.54) is 0 Å². The van der Waals surface area contributed by atoms with Gasteiger partial charge in [0.05, 0.1) is 7.11 Å². The van der Waals surface area contributed by atoms with E-state index < -0.39 is 0 Å². The second-order valence-electron chi connectivity index (χ2n) is 11.6. The summed E-state index contributed by atoms with van der Waals surface area (Å²) < 4.78 is 5.36. The van der Waals surface area contributed by atoms with Gasteiger partial charge in [0, 0.05) is 24.4 Å². The number of methoxy groups -OCH3 is 1. The average Bonchev–Trinajstić information content (AvgIpc) is 2.97. The summed E-state index contributed by atoms with van der Waals surface area (Å²) in [4.78, 5) is 37.3. The third kappa shape index (κ3) is 9.84. The highest BCUT2D eigenvalue weighted by atomic mass is 16.5. The molecule has 5 unspecified atom stereocenters. The molecule has 0 spiro atoms. The Kier molecular flexibility index (Phi) is 12.6. The van der Waals surface area contributed by atoms with Crippen molar-refractivity contribution in [1.29, 1.82) is 0 Å². The molecule has 0 aromatic heterocycles. The number of hydrogen-bond donors (Lipinski definition) is 1. The second kappa shape index (κ2) is 16.1. The van der Waals surface area contributed by atoms with Gasteiger partial charge in [-0.05, 0) is 98.6 Å². The van der Waals surface area contributed by atoms with Crippen molar-refractivity contribution < 1.29 is 19.1 Å². The van der Waals surface area contributed by atoms with Gasteiger partial charge < -0.3 is 19.6 Å². The largest absolute Gasteiger partial charge is 0.497 e. The molecule has 1 aliphatic rings. The number of rotatable bonds is 16. The Morgan fingerprint density at radius 2 is 1.71 bits per heavy atom. The van der Waals surface area contributed by atoms with Gasteiger partial charge in [0.1, 0.15) is 17.3 Å². The standard InChI is InChI=1S/C36H47NO4/c1-6-28(23-26(3)39)16-22-34(30-17-19-33(41-5)20-18-30)27(4)36(40)37-32-14-10-13-31(24-32)35(21-15-25(2)38)29-11-8-7-9-12-29/h7-11,13-14,17-20,24,27-29,34-35H,6,12,15-16,21-23H2,1-5H3,(H,37,40). The van der Waals surface area contributed by atoms with E-state index in [0.29, 0.717) is 24.7 Å². The van der Waals surface area contributed by atoms with Crippen molar-refractivity contribution in [2.24, 2.45) is 17.8 Å². The number of ether oxygens (including phenoxy) is 1. The van der Waals surface area contributed by atoms with E-state index >= 15 is 0 Å². The van der Waals surface area contributed by atoms with Gasteiger partial charge in [-0.1, -0.05) is 68.8 Å². The molecule has 2 aromatic rings. The maximum Gasteiger partial charge on any atom is 0.227 e. The Labute approximate surface area is 246 Å². The van der Waals surface area contributed by atoms with Crippen LogP contribution in [0, 0.1) is 17.8 Å². The summed E-state index contributed by atoms with van der Waals surface area (Å²) in [5, 5.41) is 3.19. The van der Waals surface area contributed by atoms with Crippen LogP contribution in [0.4, 0.5) is 5.69 Å². The zero-order valence-electron chi connectivity index (χ0n) is 25.4. The van der Waals surface area contributed by atoms with Gasteiger partial charge in [0.15, 0.2) is 0 Å². The minimum Gasteiger partial charge on any atom is -0.497 e. The Hall–Kier alpha value is -3.47. The van der Waals surface area contributed by atoms with Crippen LogP contribution < -0.4 is 10.1 Å². The molecule has 0 saturated heterocycles. The molecule has 0 fully saturated rings. The van der Waals surface area contributed by atoms with Crippen molar-refractivity contribution in [1.82, 2.24) is 0 Å². The van der Waals surface area contributed by atoms with Crippen LogP contribution >= 0.6 is 0 Å². The fraction of sp³-hybridized carbons (Fsp3) is 0.472. The van der Waals surface area contributed by atoms with Crippen LogP contribution in [0.15, 0.2) is 72.8 Å². The number of benzene rings is 2. The topological polar surface area (TPSA) is 72.5 Å². The van der Waals surface area contributed by atoms with E-state index in [2.05, 4.69) is 48.7 Å². The lowest BCUT2D eigenvalue weighted by molar-refractivity contribution is -0.120. The number of carbonyl (C=O) groups is 3. The monoisotopic (exact) mass is 557 g/mol. The number of ketones is 2. The molecule has 0 bridgehead atoms. The molecular formula is C36H47NO4. The fourth-order valence-corrected chi connectivity index (χ4v) is 6.00. The number of nitrogens with one attached hydrogen (secondary N) is 1. The van der Waals surface area contributed by atoms with Gasteiger partial charge in [-0.3, -0.25) is 4.79 Å². The average molecular weight is 558 g/mol. The van der Waals surface area contributed by atoms with Gasteiger partial charge in [-0.25, -0.2) is 0 Å². The van der Waals surface area contributed by atoms with Crippen LogP contribution in [0.25, 0.3) is 0 Å². The number of hydrogen-bond acceptors (Lipinski definition) is 4. The van der Waals surface area contributed by atoms with Crippen LogP contribution in [-0.4, -0.2) is 24.6 Å². The predicted molar refractivity (Wildman–Crippen MR) is 167 cm³/mol. The first-order valence-corrected chi connectivity index (χ1v) is 15.1. The molecular weight excluding hydrogens is 510 g/mol. The van der Waals surface area contributed by atoms with Crippen LogP contribution in [0.2, 0.25) is 0 Å². The maximum absolute atomic E-state index is 13.7. The van der Waals surface area contributed by atoms with Gasteiger partial charge in [0.25, 0.3) is 0 Å². The summed E-state index contributed by atoms with van der Waals surface area (Å²) in [5.74, 6) is 1.74. The van der Waals surface area contributed by atoms with Crippen molar-refractivity contribution in [3.63, 3.8) is 0 Å². The van der Waals surface area contributed by atoms with Crippen LogP contribution in [-0.2, 0) is 14.4 Å². The van der Waals surface area contributed by atoms with Crippen LogP contribution in [0.3, 0.4) is 0 Å². The van der Waals surface area contributed by atoms with Gasteiger partial charge in [0.2, 0.25) is 5.91 Å². The first-order chi connectivity index (χ1) is 19.7. The SMILES string of the molecule is CCC(CCC(c1ccc(OC)cc1)C(C)C(=O)Nc1cccc(C(CCC(C)=O)C2C=CC=CC2)c1)CC(C)=O. The Bertz CT molecular complexity index is 1210. The quantitative estimate of drug-likeness (QED) is 0.225. The summed E-state index contributed by atoms with van der Waals surface area (Å²) in [7, 11) is 1.65. The molecule has 1 amide bonds. The zero-order valence-corrected chi connectivity index (χ0v) is 25.4. The highest BCUT2D eigenvalue weighted by molar-refractivity contribution is 5.93. The molecule has 1 N–H and O–H groups in total. The van der Waals surface area contributed by atoms with E-state index in [1.807, 2.05) is 43.3 Å². The summed E-state index contributed by atoms with van der Waals surface area (Å²) in [6.45, 7) is 7.42. The number of Topliss-reactive ketones (excluding diaryl/α,β-unsaturated/α-hetero) is 2. The van der Waals surface area contributed by atoms with Crippen molar-refractivity contribution in [3.05, 3.63) is 84.0 Å². The third-order valence-corrected chi connectivity index (χ3v) is 8.52. The molecule has 0 heterocycles. The molecule has 220 valence electrons. The molecule has 3 rings (SSSR count). The lowest BCUT2D eigenvalue weighted by Gasteiger charge is -2.27. The molecule has 5 nitrogen and oxygen atoms in total. The van der Waals surface area contributed by atoms with E-state index in [-0.39, 0.29) is 35.2 Å². The number of anilines is 1. The Morgan fingerprint density at radius 1 is 0.951 bits per heavy atom. The number of carbonyl (C=O) groups excluding carboxylic acids is 3. The lowest BCUT2D eigenvalue weighted by Crippen LogP contribution is -2.26. The van der Waals surface area contributed by atoms with E-state index in [4.69, 9.17) is 4.74 Å². The summed E-state index contributed by atoms with van der Waals surface area (Å²) in [6, 6.07) is 16.1. The second-order valence-corrected chi connectivity index (χ2v) is 11.6. The van der Waals surface area contributed by atoms with Gasteiger partial charge >= 0.3 is 0 Å². The van der Waals surface area contributed by atoms with Gasteiger partial charge in [-0.2, -0.15) is 0 Å².